The highest BCUT2D eigenvalue weighted by Crippen LogP contribution is 2.27. The minimum Gasteiger partial charge on any atom is -0.496 e. The van der Waals surface area contributed by atoms with Crippen LogP contribution in [0.5, 0.6) is 5.75 Å². The summed E-state index contributed by atoms with van der Waals surface area (Å²) in [6.07, 6.45) is 10.6. The lowest BCUT2D eigenvalue weighted by atomic mass is 9.92. The van der Waals surface area contributed by atoms with Crippen LogP contribution < -0.4 is 4.74 Å². The molecule has 1 aromatic heterocycles. The van der Waals surface area contributed by atoms with Gasteiger partial charge in [0.1, 0.15) is 11.5 Å². The topological polar surface area (TPSA) is 39.2 Å². The summed E-state index contributed by atoms with van der Waals surface area (Å²) in [6, 6.07) is 0. The van der Waals surface area contributed by atoms with E-state index in [0.717, 1.165) is 29.0 Å². The highest BCUT2D eigenvalue weighted by atomic mass is 16.5. The molecule has 0 bridgehead atoms. The molecule has 2 rings (SSSR count). The third-order valence-corrected chi connectivity index (χ3v) is 4.61. The summed E-state index contributed by atoms with van der Waals surface area (Å²) in [5.74, 6) is 1.78. The molecule has 1 saturated carbocycles. The molecule has 0 unspecified atom stereocenters. The molecule has 116 valence electrons. The zero-order valence-electron chi connectivity index (χ0n) is 13.6. The van der Waals surface area contributed by atoms with E-state index >= 15 is 0 Å². The van der Waals surface area contributed by atoms with Gasteiger partial charge in [0.05, 0.1) is 12.8 Å². The average molecular weight is 289 g/mol. The van der Waals surface area contributed by atoms with Gasteiger partial charge in [-0.15, -0.1) is 0 Å². The molecule has 0 saturated heterocycles. The molecule has 0 atom stereocenters. The third-order valence-electron chi connectivity index (χ3n) is 4.61. The molecule has 0 aromatic carbocycles. The number of ether oxygens (including phenoxy) is 1. The molecular weight excluding hydrogens is 262 g/mol. The molecule has 3 nitrogen and oxygen atoms in total. The van der Waals surface area contributed by atoms with Crippen LogP contribution in [0, 0.1) is 19.8 Å². The number of pyridine rings is 1. The van der Waals surface area contributed by atoms with Crippen LogP contribution in [0.1, 0.15) is 61.8 Å². The van der Waals surface area contributed by atoms with Crippen molar-refractivity contribution in [1.82, 2.24) is 4.98 Å². The van der Waals surface area contributed by atoms with Gasteiger partial charge in [0, 0.05) is 30.2 Å². The van der Waals surface area contributed by atoms with Crippen LogP contribution in [-0.2, 0) is 11.2 Å². The van der Waals surface area contributed by atoms with Crippen molar-refractivity contribution in [2.24, 2.45) is 5.92 Å². The predicted molar refractivity (Wildman–Crippen MR) is 84.8 cm³/mol. The fourth-order valence-electron chi connectivity index (χ4n) is 3.40. The van der Waals surface area contributed by atoms with Gasteiger partial charge in [0.25, 0.3) is 0 Å². The molecule has 1 aliphatic rings. The normalized spacial score (nSPS) is 16.5. The van der Waals surface area contributed by atoms with Crippen LogP contribution in [0.25, 0.3) is 0 Å². The quantitative estimate of drug-likeness (QED) is 0.763. The first kappa shape index (κ1) is 16.0. The molecule has 0 radical (unpaired) electrons. The van der Waals surface area contributed by atoms with E-state index in [1.165, 1.54) is 38.5 Å². The summed E-state index contributed by atoms with van der Waals surface area (Å²) in [6.45, 7) is 3.98. The largest absolute Gasteiger partial charge is 0.496 e. The second kappa shape index (κ2) is 7.58. The second-order valence-electron chi connectivity index (χ2n) is 6.32. The lowest BCUT2D eigenvalue weighted by Crippen LogP contribution is -2.12. The monoisotopic (exact) mass is 289 g/mol. The number of carbonyl (C=O) groups excluding carboxylic acids is 1. The Labute approximate surface area is 128 Å². The number of carbonyl (C=O) groups is 1. The molecule has 3 heteroatoms. The number of Topliss-reactive ketones (excluding diaryl/α,β-unsaturated/α-hetero) is 1. The maximum atomic E-state index is 12.3. The summed E-state index contributed by atoms with van der Waals surface area (Å²) in [5.41, 5.74) is 2.90. The smallest absolute Gasteiger partial charge is 0.139 e. The first-order valence-electron chi connectivity index (χ1n) is 8.12. The van der Waals surface area contributed by atoms with E-state index in [1.54, 1.807) is 13.3 Å². The van der Waals surface area contributed by atoms with Crippen molar-refractivity contribution in [1.29, 1.82) is 0 Å². The molecule has 0 N–H and O–H groups in total. The van der Waals surface area contributed by atoms with Gasteiger partial charge in [-0.25, -0.2) is 0 Å². The lowest BCUT2D eigenvalue weighted by Gasteiger charge is -2.14. The van der Waals surface area contributed by atoms with Crippen LogP contribution in [-0.4, -0.2) is 17.9 Å². The second-order valence-corrected chi connectivity index (χ2v) is 6.32. The Morgan fingerprint density at radius 2 is 1.90 bits per heavy atom. The van der Waals surface area contributed by atoms with Crippen LogP contribution in [0.15, 0.2) is 6.20 Å². The highest BCUT2D eigenvalue weighted by molar-refractivity contribution is 5.81. The Bertz CT molecular complexity index is 488. The zero-order valence-corrected chi connectivity index (χ0v) is 13.6. The van der Waals surface area contributed by atoms with E-state index in [9.17, 15) is 4.79 Å². The Balaban J connectivity index is 1.99. The summed E-state index contributed by atoms with van der Waals surface area (Å²) >= 11 is 0. The van der Waals surface area contributed by atoms with Gasteiger partial charge in [-0.1, -0.05) is 38.5 Å². The SMILES string of the molecule is COc1c(C)cnc(CC(=O)CC2CCCCCC2)c1C. The first-order valence-corrected chi connectivity index (χ1v) is 8.12. The molecule has 1 aromatic rings. The van der Waals surface area contributed by atoms with Crippen molar-refractivity contribution in [3.05, 3.63) is 23.0 Å². The van der Waals surface area contributed by atoms with Crippen LogP contribution in [0.4, 0.5) is 0 Å². The van der Waals surface area contributed by atoms with Crippen molar-refractivity contribution in [2.45, 2.75) is 65.2 Å². The van der Waals surface area contributed by atoms with E-state index in [-0.39, 0.29) is 0 Å². The predicted octanol–water partition coefficient (Wildman–Crippen LogP) is 4.18. The van der Waals surface area contributed by atoms with Gasteiger partial charge in [-0.3, -0.25) is 9.78 Å². The van der Waals surface area contributed by atoms with Crippen molar-refractivity contribution < 1.29 is 9.53 Å². The molecule has 1 fully saturated rings. The van der Waals surface area contributed by atoms with Crippen LogP contribution in [0.2, 0.25) is 0 Å². The summed E-state index contributed by atoms with van der Waals surface area (Å²) in [5, 5.41) is 0. The van der Waals surface area contributed by atoms with Crippen molar-refractivity contribution in [2.75, 3.05) is 7.11 Å². The Morgan fingerprint density at radius 3 is 2.52 bits per heavy atom. The van der Waals surface area contributed by atoms with Gasteiger partial charge in [0.15, 0.2) is 0 Å². The van der Waals surface area contributed by atoms with E-state index in [0.29, 0.717) is 18.1 Å². The fraction of sp³-hybridized carbons (Fsp3) is 0.667. The Hall–Kier alpha value is -1.38. The van der Waals surface area contributed by atoms with E-state index < -0.39 is 0 Å². The number of aryl methyl sites for hydroxylation is 1. The number of hydrogen-bond acceptors (Lipinski definition) is 3. The molecule has 0 aliphatic heterocycles. The number of nitrogens with zero attached hydrogens (tertiary/aromatic N) is 1. The summed E-state index contributed by atoms with van der Waals surface area (Å²) in [4.78, 5) is 16.8. The maximum absolute atomic E-state index is 12.3. The van der Waals surface area contributed by atoms with Crippen LogP contribution >= 0.6 is 0 Å². The first-order chi connectivity index (χ1) is 10.1. The molecule has 1 heterocycles. The van der Waals surface area contributed by atoms with Crippen molar-refractivity contribution in [3.63, 3.8) is 0 Å². The number of methoxy groups -OCH3 is 1. The van der Waals surface area contributed by atoms with E-state index in [2.05, 4.69) is 4.98 Å². The van der Waals surface area contributed by atoms with Gasteiger partial charge < -0.3 is 4.74 Å². The number of rotatable bonds is 5. The molecule has 0 spiro atoms. The average Bonchev–Trinajstić information content (AvgIpc) is 2.71. The number of hydrogen-bond donors (Lipinski definition) is 0. The summed E-state index contributed by atoms with van der Waals surface area (Å²) < 4.78 is 5.41. The van der Waals surface area contributed by atoms with Gasteiger partial charge in [-0.05, 0) is 19.8 Å². The standard InChI is InChI=1S/C18H27NO2/c1-13-12-19-17(14(2)18(13)21-3)11-16(20)10-15-8-6-4-5-7-9-15/h12,15H,4-11H2,1-3H3. The van der Waals surface area contributed by atoms with Crippen LogP contribution in [0.3, 0.4) is 0 Å². The van der Waals surface area contributed by atoms with E-state index in [4.69, 9.17) is 4.74 Å². The summed E-state index contributed by atoms with van der Waals surface area (Å²) in [7, 11) is 1.67. The third kappa shape index (κ3) is 4.29. The number of ketones is 1. The lowest BCUT2D eigenvalue weighted by molar-refractivity contribution is -0.119. The van der Waals surface area contributed by atoms with Gasteiger partial charge in [0.2, 0.25) is 0 Å². The Kier molecular flexibility index (Phi) is 5.77. The minimum absolute atomic E-state index is 0.323. The molecular formula is C18H27NO2. The molecule has 21 heavy (non-hydrogen) atoms. The fourth-order valence-corrected chi connectivity index (χ4v) is 3.40. The van der Waals surface area contributed by atoms with Gasteiger partial charge in [-0.2, -0.15) is 0 Å². The Morgan fingerprint density at radius 1 is 1.24 bits per heavy atom. The molecule has 0 amide bonds. The number of aromatic nitrogens is 1. The van der Waals surface area contributed by atoms with E-state index in [1.807, 2.05) is 13.8 Å². The molecule has 1 aliphatic carbocycles. The zero-order chi connectivity index (χ0) is 15.2. The van der Waals surface area contributed by atoms with Gasteiger partial charge >= 0.3 is 0 Å². The van der Waals surface area contributed by atoms with Crippen molar-refractivity contribution >= 4 is 5.78 Å². The minimum atomic E-state index is 0.323. The maximum Gasteiger partial charge on any atom is 0.139 e. The van der Waals surface area contributed by atoms with Crippen molar-refractivity contribution in [3.8, 4) is 5.75 Å². The highest BCUT2D eigenvalue weighted by Gasteiger charge is 2.18.